The van der Waals surface area contributed by atoms with Crippen LogP contribution in [0.4, 0.5) is 4.79 Å². The highest BCUT2D eigenvalue weighted by atomic mass is 16.6. The van der Waals surface area contributed by atoms with Gasteiger partial charge in [-0.25, -0.2) is 4.79 Å². The van der Waals surface area contributed by atoms with Gasteiger partial charge in [0, 0.05) is 25.4 Å². The van der Waals surface area contributed by atoms with E-state index in [1.807, 2.05) is 61.7 Å². The Morgan fingerprint density at radius 3 is 2.78 bits per heavy atom. The second-order valence-electron chi connectivity index (χ2n) is 6.50. The van der Waals surface area contributed by atoms with Gasteiger partial charge in [-0.05, 0) is 35.3 Å². The van der Waals surface area contributed by atoms with E-state index in [-0.39, 0.29) is 12.2 Å². The Balaban J connectivity index is 1.61. The van der Waals surface area contributed by atoms with Gasteiger partial charge >= 0.3 is 6.09 Å². The first kappa shape index (κ1) is 18.6. The zero-order valence-corrected chi connectivity index (χ0v) is 15.5. The molecule has 1 amide bonds. The molecule has 1 aliphatic heterocycles. The molecule has 138 valence electrons. The Bertz CT molecular complexity index is 838. The van der Waals surface area contributed by atoms with Crippen LogP contribution >= 0.6 is 0 Å². The first-order valence-corrected chi connectivity index (χ1v) is 9.09. The maximum absolute atomic E-state index is 12.2. The van der Waals surface area contributed by atoms with Gasteiger partial charge in [0.15, 0.2) is 0 Å². The fourth-order valence-electron chi connectivity index (χ4n) is 3.07. The molecule has 27 heavy (non-hydrogen) atoms. The standard InChI is InChI=1S/C23H24N2O2/c1-3-5-7-18(4-2)14-22-17-25(23(26)27-22)16-19-9-11-20(12-10-19)21-8-6-13-24-15-21/h3-13,15,22H,2,14,16-17H2,1H3/b5-3-,18-7+. The van der Waals surface area contributed by atoms with Crippen molar-refractivity contribution in [3.8, 4) is 11.1 Å². The van der Waals surface area contributed by atoms with Gasteiger partial charge in [-0.15, -0.1) is 0 Å². The number of allylic oxidation sites excluding steroid dienone is 4. The van der Waals surface area contributed by atoms with E-state index in [0.717, 1.165) is 22.3 Å². The van der Waals surface area contributed by atoms with Gasteiger partial charge in [0.25, 0.3) is 0 Å². The monoisotopic (exact) mass is 360 g/mol. The van der Waals surface area contributed by atoms with Crippen LogP contribution in [-0.2, 0) is 11.3 Å². The molecule has 1 aromatic carbocycles. The molecule has 2 aromatic rings. The Hall–Kier alpha value is -3.14. The van der Waals surface area contributed by atoms with Crippen LogP contribution in [0, 0.1) is 0 Å². The van der Waals surface area contributed by atoms with E-state index in [4.69, 9.17) is 4.74 Å². The lowest BCUT2D eigenvalue weighted by Crippen LogP contribution is -2.24. The summed E-state index contributed by atoms with van der Waals surface area (Å²) in [5.74, 6) is 0. The first-order valence-electron chi connectivity index (χ1n) is 9.09. The molecule has 1 unspecified atom stereocenters. The molecule has 4 heteroatoms. The number of aromatic nitrogens is 1. The van der Waals surface area contributed by atoms with Gasteiger partial charge in [0.05, 0.1) is 6.54 Å². The van der Waals surface area contributed by atoms with E-state index < -0.39 is 0 Å². The third-order valence-corrected chi connectivity index (χ3v) is 4.50. The molecule has 4 nitrogen and oxygen atoms in total. The minimum Gasteiger partial charge on any atom is -0.444 e. The molecule has 1 saturated heterocycles. The molecule has 0 aliphatic carbocycles. The van der Waals surface area contributed by atoms with Crippen molar-refractivity contribution in [2.24, 2.45) is 0 Å². The smallest absolute Gasteiger partial charge is 0.410 e. The van der Waals surface area contributed by atoms with Gasteiger partial charge < -0.3 is 9.64 Å². The molecular formula is C23H24N2O2. The maximum Gasteiger partial charge on any atom is 0.410 e. The molecule has 3 rings (SSSR count). The molecule has 0 N–H and O–H groups in total. The van der Waals surface area contributed by atoms with Crippen LogP contribution < -0.4 is 0 Å². The predicted molar refractivity (Wildman–Crippen MR) is 108 cm³/mol. The highest BCUT2D eigenvalue weighted by Crippen LogP contribution is 2.23. The molecule has 0 radical (unpaired) electrons. The summed E-state index contributed by atoms with van der Waals surface area (Å²) in [6.45, 7) is 6.93. The number of carbonyl (C=O) groups is 1. The van der Waals surface area contributed by atoms with Crippen molar-refractivity contribution in [2.75, 3.05) is 6.54 Å². The Kier molecular flexibility index (Phi) is 6.21. The molecule has 0 saturated carbocycles. The Morgan fingerprint density at radius 1 is 1.30 bits per heavy atom. The zero-order valence-electron chi connectivity index (χ0n) is 15.5. The largest absolute Gasteiger partial charge is 0.444 e. The van der Waals surface area contributed by atoms with Crippen LogP contribution in [0.2, 0.25) is 0 Å². The van der Waals surface area contributed by atoms with Gasteiger partial charge in [-0.2, -0.15) is 0 Å². The van der Waals surface area contributed by atoms with Crippen LogP contribution in [0.5, 0.6) is 0 Å². The molecule has 2 heterocycles. The third kappa shape index (κ3) is 4.94. The summed E-state index contributed by atoms with van der Waals surface area (Å²) < 4.78 is 5.52. The van der Waals surface area contributed by atoms with Crippen molar-refractivity contribution in [1.29, 1.82) is 0 Å². The lowest BCUT2D eigenvalue weighted by atomic mass is 10.1. The van der Waals surface area contributed by atoms with Gasteiger partial charge in [0.1, 0.15) is 6.10 Å². The van der Waals surface area contributed by atoms with Crippen molar-refractivity contribution < 1.29 is 9.53 Å². The number of ether oxygens (including phenoxy) is 1. The predicted octanol–water partition coefficient (Wildman–Crippen LogP) is 5.15. The number of benzene rings is 1. The third-order valence-electron chi connectivity index (χ3n) is 4.50. The van der Waals surface area contributed by atoms with Crippen LogP contribution in [0.3, 0.4) is 0 Å². The molecule has 1 fully saturated rings. The zero-order chi connectivity index (χ0) is 19.1. The number of hydrogen-bond acceptors (Lipinski definition) is 3. The van der Waals surface area contributed by atoms with Crippen LogP contribution in [0.25, 0.3) is 11.1 Å². The van der Waals surface area contributed by atoms with E-state index in [9.17, 15) is 4.79 Å². The van der Waals surface area contributed by atoms with Crippen molar-refractivity contribution in [3.05, 3.63) is 90.8 Å². The minimum absolute atomic E-state index is 0.137. The number of rotatable bonds is 7. The summed E-state index contributed by atoms with van der Waals surface area (Å²) in [6, 6.07) is 12.2. The first-order chi connectivity index (χ1) is 13.2. The second kappa shape index (κ2) is 8.99. The quantitative estimate of drug-likeness (QED) is 0.642. The maximum atomic E-state index is 12.2. The number of nitrogens with zero attached hydrogens (tertiary/aromatic N) is 2. The summed E-state index contributed by atoms with van der Waals surface area (Å²) in [4.78, 5) is 18.1. The van der Waals surface area contributed by atoms with Crippen LogP contribution in [0.1, 0.15) is 18.9 Å². The van der Waals surface area contributed by atoms with E-state index >= 15 is 0 Å². The molecule has 1 aliphatic rings. The summed E-state index contributed by atoms with van der Waals surface area (Å²) in [6.07, 6.45) is 11.6. The molecule has 0 bridgehead atoms. The van der Waals surface area contributed by atoms with Crippen molar-refractivity contribution in [2.45, 2.75) is 26.0 Å². The van der Waals surface area contributed by atoms with E-state index in [0.29, 0.717) is 19.5 Å². The average molecular weight is 360 g/mol. The fraction of sp³-hybridized carbons (Fsp3) is 0.217. The van der Waals surface area contributed by atoms with Crippen LogP contribution in [0.15, 0.2) is 85.2 Å². The Labute approximate surface area is 160 Å². The van der Waals surface area contributed by atoms with Crippen molar-refractivity contribution in [3.63, 3.8) is 0 Å². The SMILES string of the molecule is C=C/C(=C\C=C/C)CC1CN(Cc2ccc(-c3cccnc3)cc2)C(=O)O1. The van der Waals surface area contributed by atoms with Gasteiger partial charge in [-0.3, -0.25) is 4.98 Å². The van der Waals surface area contributed by atoms with E-state index in [1.165, 1.54) is 0 Å². The highest BCUT2D eigenvalue weighted by molar-refractivity contribution is 5.70. The van der Waals surface area contributed by atoms with Crippen molar-refractivity contribution >= 4 is 6.09 Å². The van der Waals surface area contributed by atoms with Crippen molar-refractivity contribution in [1.82, 2.24) is 9.88 Å². The molecule has 1 aromatic heterocycles. The normalized spacial score (nSPS) is 17.4. The highest BCUT2D eigenvalue weighted by Gasteiger charge is 2.31. The number of amides is 1. The lowest BCUT2D eigenvalue weighted by Gasteiger charge is -2.13. The Morgan fingerprint density at radius 2 is 2.11 bits per heavy atom. The van der Waals surface area contributed by atoms with E-state index in [1.54, 1.807) is 11.1 Å². The average Bonchev–Trinajstić information content (AvgIpc) is 3.05. The summed E-state index contributed by atoms with van der Waals surface area (Å²) in [5, 5.41) is 0. The van der Waals surface area contributed by atoms with E-state index in [2.05, 4.69) is 23.7 Å². The second-order valence-corrected chi connectivity index (χ2v) is 6.50. The van der Waals surface area contributed by atoms with Crippen LogP contribution in [-0.4, -0.2) is 28.6 Å². The number of hydrogen-bond donors (Lipinski definition) is 0. The summed E-state index contributed by atoms with van der Waals surface area (Å²) in [7, 11) is 0. The lowest BCUT2D eigenvalue weighted by molar-refractivity contribution is 0.132. The number of pyridine rings is 1. The number of cyclic esters (lactones) is 1. The summed E-state index contributed by atoms with van der Waals surface area (Å²) >= 11 is 0. The minimum atomic E-state index is -0.259. The molecular weight excluding hydrogens is 336 g/mol. The number of carbonyl (C=O) groups excluding carboxylic acids is 1. The molecule has 0 spiro atoms. The van der Waals surface area contributed by atoms with Gasteiger partial charge in [-0.1, -0.05) is 61.2 Å². The fourth-order valence-corrected chi connectivity index (χ4v) is 3.07. The molecule has 1 atom stereocenters. The summed E-state index contributed by atoms with van der Waals surface area (Å²) in [5.41, 5.74) is 4.33. The topological polar surface area (TPSA) is 42.4 Å². The van der Waals surface area contributed by atoms with Gasteiger partial charge in [0.2, 0.25) is 0 Å².